The molecule has 2 bridgehead atoms. The lowest BCUT2D eigenvalue weighted by atomic mass is 9.88. The van der Waals surface area contributed by atoms with Gasteiger partial charge in [-0.3, -0.25) is 0 Å². The average Bonchev–Trinajstić information content (AvgIpc) is 3.01. The van der Waals surface area contributed by atoms with Crippen LogP contribution in [0.5, 0.6) is 0 Å². The van der Waals surface area contributed by atoms with E-state index in [-0.39, 0.29) is 5.78 Å². The van der Waals surface area contributed by atoms with E-state index < -0.39 is 0 Å². The molecular formula is C13H18N2O2. The van der Waals surface area contributed by atoms with E-state index in [4.69, 9.17) is 4.52 Å². The highest BCUT2D eigenvalue weighted by Crippen LogP contribution is 2.52. The Bertz CT molecular complexity index is 427. The van der Waals surface area contributed by atoms with E-state index in [9.17, 15) is 4.79 Å². The maximum atomic E-state index is 10.9. The first-order chi connectivity index (χ1) is 8.22. The first kappa shape index (κ1) is 10.9. The highest BCUT2D eigenvalue weighted by Gasteiger charge is 2.42. The molecule has 0 radical (unpaired) electrons. The zero-order valence-electron chi connectivity index (χ0n) is 10.2. The molecule has 3 atom stereocenters. The van der Waals surface area contributed by atoms with Crippen LogP contribution in [0.4, 0.5) is 0 Å². The minimum atomic E-state index is 0.171. The van der Waals surface area contributed by atoms with Gasteiger partial charge >= 0.3 is 0 Å². The van der Waals surface area contributed by atoms with Gasteiger partial charge in [0.2, 0.25) is 5.89 Å². The number of aryl methyl sites for hydroxylation is 1. The molecule has 17 heavy (non-hydrogen) atoms. The van der Waals surface area contributed by atoms with Gasteiger partial charge in [0, 0.05) is 18.8 Å². The van der Waals surface area contributed by atoms with Crippen molar-refractivity contribution in [3.63, 3.8) is 0 Å². The molecule has 92 valence electrons. The number of carbonyl (C=O) groups excluding carboxylic acids is 1. The Hall–Kier alpha value is -1.19. The minimum absolute atomic E-state index is 0.171. The lowest BCUT2D eigenvalue weighted by Gasteiger charge is -2.17. The standard InChI is InChI=1S/C13H18N2O2/c1-8(16)2-5-12-14-13(15-17-12)11-7-9-3-4-10(11)6-9/h9-11H,2-7H2,1H3. The van der Waals surface area contributed by atoms with Crippen LogP contribution in [0.25, 0.3) is 0 Å². The number of aromatic nitrogens is 2. The Labute approximate surface area is 101 Å². The molecule has 1 aromatic rings. The monoisotopic (exact) mass is 234 g/mol. The summed E-state index contributed by atoms with van der Waals surface area (Å²) in [4.78, 5) is 15.3. The van der Waals surface area contributed by atoms with E-state index in [1.54, 1.807) is 6.92 Å². The smallest absolute Gasteiger partial charge is 0.227 e. The second-order valence-electron chi connectivity index (χ2n) is 5.53. The number of nitrogens with zero attached hydrogens (tertiary/aromatic N) is 2. The average molecular weight is 234 g/mol. The highest BCUT2D eigenvalue weighted by atomic mass is 16.5. The molecule has 3 rings (SSSR count). The van der Waals surface area contributed by atoms with Crippen LogP contribution in [0, 0.1) is 11.8 Å². The van der Waals surface area contributed by atoms with Crippen LogP contribution in [-0.4, -0.2) is 15.9 Å². The topological polar surface area (TPSA) is 56.0 Å². The summed E-state index contributed by atoms with van der Waals surface area (Å²) in [6.45, 7) is 1.59. The van der Waals surface area contributed by atoms with Crippen LogP contribution in [0.2, 0.25) is 0 Å². The van der Waals surface area contributed by atoms with E-state index in [1.807, 2.05) is 0 Å². The van der Waals surface area contributed by atoms with E-state index in [0.717, 1.165) is 17.7 Å². The van der Waals surface area contributed by atoms with Gasteiger partial charge in [-0.05, 0) is 38.0 Å². The van der Waals surface area contributed by atoms with Gasteiger partial charge < -0.3 is 9.32 Å². The Morgan fingerprint density at radius 1 is 1.41 bits per heavy atom. The quantitative estimate of drug-likeness (QED) is 0.803. The van der Waals surface area contributed by atoms with Crippen LogP contribution in [-0.2, 0) is 11.2 Å². The molecule has 0 spiro atoms. The Kier molecular flexibility index (Phi) is 2.73. The normalized spacial score (nSPS) is 31.0. The van der Waals surface area contributed by atoms with Crippen molar-refractivity contribution >= 4 is 5.78 Å². The number of carbonyl (C=O) groups is 1. The first-order valence-corrected chi connectivity index (χ1v) is 6.54. The lowest BCUT2D eigenvalue weighted by molar-refractivity contribution is -0.117. The van der Waals surface area contributed by atoms with Gasteiger partial charge in [0.05, 0.1) is 0 Å². The fourth-order valence-electron chi connectivity index (χ4n) is 3.36. The van der Waals surface area contributed by atoms with Gasteiger partial charge in [-0.15, -0.1) is 0 Å². The number of hydrogen-bond donors (Lipinski definition) is 0. The summed E-state index contributed by atoms with van der Waals surface area (Å²) in [7, 11) is 0. The van der Waals surface area contributed by atoms with Gasteiger partial charge in [-0.25, -0.2) is 0 Å². The summed E-state index contributed by atoms with van der Waals surface area (Å²) in [5, 5.41) is 4.10. The molecular weight excluding hydrogens is 216 g/mol. The maximum Gasteiger partial charge on any atom is 0.227 e. The summed E-state index contributed by atoms with van der Waals surface area (Å²) in [5.41, 5.74) is 0. The van der Waals surface area contributed by atoms with E-state index >= 15 is 0 Å². The SMILES string of the molecule is CC(=O)CCc1nc(C2CC3CCC2C3)no1. The molecule has 1 aromatic heterocycles. The zero-order chi connectivity index (χ0) is 11.8. The fraction of sp³-hybridized carbons (Fsp3) is 0.769. The van der Waals surface area contributed by atoms with E-state index in [1.165, 1.54) is 25.7 Å². The third-order valence-corrected chi connectivity index (χ3v) is 4.24. The van der Waals surface area contributed by atoms with E-state index in [2.05, 4.69) is 10.1 Å². The van der Waals surface area contributed by atoms with Crippen molar-refractivity contribution in [2.24, 2.45) is 11.8 Å². The molecule has 2 aliphatic rings. The van der Waals surface area contributed by atoms with Crippen molar-refractivity contribution in [3.05, 3.63) is 11.7 Å². The Morgan fingerprint density at radius 3 is 2.94 bits per heavy atom. The van der Waals surface area contributed by atoms with Gasteiger partial charge in [-0.1, -0.05) is 11.6 Å². The summed E-state index contributed by atoms with van der Waals surface area (Å²) in [6, 6.07) is 0. The van der Waals surface area contributed by atoms with Gasteiger partial charge in [0.15, 0.2) is 5.82 Å². The second kappa shape index (κ2) is 4.24. The van der Waals surface area contributed by atoms with Gasteiger partial charge in [-0.2, -0.15) is 4.98 Å². The molecule has 0 aromatic carbocycles. The maximum absolute atomic E-state index is 10.9. The number of fused-ring (bicyclic) bond motifs is 2. The lowest BCUT2D eigenvalue weighted by Crippen LogP contribution is -2.10. The minimum Gasteiger partial charge on any atom is -0.339 e. The van der Waals surface area contributed by atoms with Crippen molar-refractivity contribution in [1.82, 2.24) is 10.1 Å². The van der Waals surface area contributed by atoms with Crippen molar-refractivity contribution in [2.75, 3.05) is 0 Å². The number of ketones is 1. The third kappa shape index (κ3) is 2.13. The summed E-state index contributed by atoms with van der Waals surface area (Å²) in [5.74, 6) is 3.87. The molecule has 1 heterocycles. The molecule has 4 nitrogen and oxygen atoms in total. The second-order valence-corrected chi connectivity index (χ2v) is 5.53. The largest absolute Gasteiger partial charge is 0.339 e. The van der Waals surface area contributed by atoms with Gasteiger partial charge in [0.1, 0.15) is 5.78 Å². The predicted molar refractivity (Wildman–Crippen MR) is 61.5 cm³/mol. The molecule has 4 heteroatoms. The fourth-order valence-corrected chi connectivity index (χ4v) is 3.36. The number of rotatable bonds is 4. The van der Waals surface area contributed by atoms with Crippen LogP contribution >= 0.6 is 0 Å². The summed E-state index contributed by atoms with van der Waals surface area (Å²) < 4.78 is 5.22. The summed E-state index contributed by atoms with van der Waals surface area (Å²) >= 11 is 0. The molecule has 3 unspecified atom stereocenters. The van der Waals surface area contributed by atoms with Crippen molar-refractivity contribution < 1.29 is 9.32 Å². The highest BCUT2D eigenvalue weighted by molar-refractivity contribution is 5.75. The first-order valence-electron chi connectivity index (χ1n) is 6.54. The van der Waals surface area contributed by atoms with Crippen molar-refractivity contribution in [3.8, 4) is 0 Å². The van der Waals surface area contributed by atoms with Crippen LogP contribution in [0.1, 0.15) is 56.7 Å². The predicted octanol–water partition coefficient (Wildman–Crippen LogP) is 2.49. The molecule has 0 N–H and O–H groups in total. The third-order valence-electron chi connectivity index (χ3n) is 4.24. The number of Topliss-reactive ketones (excluding diaryl/α,β-unsaturated/α-hetero) is 1. The summed E-state index contributed by atoms with van der Waals surface area (Å²) in [6.07, 6.45) is 6.38. The molecule has 2 saturated carbocycles. The molecule has 2 aliphatic carbocycles. The Balaban J connectivity index is 1.66. The molecule has 2 fully saturated rings. The van der Waals surface area contributed by atoms with Crippen LogP contribution in [0.3, 0.4) is 0 Å². The molecule has 0 saturated heterocycles. The zero-order valence-corrected chi connectivity index (χ0v) is 10.2. The Morgan fingerprint density at radius 2 is 2.29 bits per heavy atom. The van der Waals surface area contributed by atoms with Crippen molar-refractivity contribution in [2.45, 2.75) is 51.4 Å². The molecule has 0 amide bonds. The van der Waals surface area contributed by atoms with E-state index in [0.29, 0.717) is 24.7 Å². The molecule has 0 aliphatic heterocycles. The number of hydrogen-bond acceptors (Lipinski definition) is 4. The van der Waals surface area contributed by atoms with Crippen molar-refractivity contribution in [1.29, 1.82) is 0 Å². The van der Waals surface area contributed by atoms with Gasteiger partial charge in [0.25, 0.3) is 0 Å². The van der Waals surface area contributed by atoms with Crippen LogP contribution < -0.4 is 0 Å². The van der Waals surface area contributed by atoms with Crippen LogP contribution in [0.15, 0.2) is 4.52 Å².